The predicted octanol–water partition coefficient (Wildman–Crippen LogP) is 3.76. The Labute approximate surface area is 147 Å². The molecule has 1 aromatic carbocycles. The summed E-state index contributed by atoms with van der Waals surface area (Å²) < 4.78 is 26.8. The zero-order chi connectivity index (χ0) is 18.8. The second-order valence-electron chi connectivity index (χ2n) is 5.99. The van der Waals surface area contributed by atoms with E-state index < -0.39 is 17.5 Å². The van der Waals surface area contributed by atoms with Crippen LogP contribution in [0.25, 0.3) is 0 Å². The minimum absolute atomic E-state index is 0.0401. The van der Waals surface area contributed by atoms with Gasteiger partial charge in [0.1, 0.15) is 0 Å². The van der Waals surface area contributed by atoms with Gasteiger partial charge in [0.25, 0.3) is 0 Å². The van der Waals surface area contributed by atoms with Gasteiger partial charge in [0.15, 0.2) is 11.6 Å². The van der Waals surface area contributed by atoms with Crippen molar-refractivity contribution in [3.05, 3.63) is 23.8 Å². The second-order valence-corrected chi connectivity index (χ2v) is 5.99. The lowest BCUT2D eigenvalue weighted by molar-refractivity contribution is -0.116. The summed E-state index contributed by atoms with van der Waals surface area (Å²) in [6.07, 6.45) is 3.05. The summed E-state index contributed by atoms with van der Waals surface area (Å²) in [5, 5.41) is 4.93. The van der Waals surface area contributed by atoms with Crippen LogP contribution in [-0.2, 0) is 9.59 Å². The number of rotatable bonds is 10. The van der Waals surface area contributed by atoms with Gasteiger partial charge >= 0.3 is 0 Å². The van der Waals surface area contributed by atoms with Crippen molar-refractivity contribution in [3.8, 4) is 0 Å². The number of anilines is 2. The molecule has 0 aromatic heterocycles. The molecule has 0 atom stereocenters. The van der Waals surface area contributed by atoms with E-state index in [1.807, 2.05) is 0 Å². The molecule has 140 valence electrons. The van der Waals surface area contributed by atoms with Crippen LogP contribution in [0.15, 0.2) is 12.1 Å². The molecule has 1 aromatic rings. The molecule has 0 saturated heterocycles. The zero-order valence-corrected chi connectivity index (χ0v) is 15.1. The largest absolute Gasteiger partial charge is 0.324 e. The monoisotopic (exact) mass is 355 g/mol. The van der Waals surface area contributed by atoms with Crippen LogP contribution in [0.4, 0.5) is 20.2 Å². The first-order valence-electron chi connectivity index (χ1n) is 8.66. The molecule has 0 aliphatic carbocycles. The van der Waals surface area contributed by atoms with E-state index >= 15 is 0 Å². The average Bonchev–Trinajstić information content (AvgIpc) is 2.52. The molecule has 25 heavy (non-hydrogen) atoms. The molecule has 0 radical (unpaired) electrons. The SMILES string of the molecule is CCCN(CCC)CCCC(=O)Nc1cc(F)c(F)cc1NC(C)=O. The number of carbonyl (C=O) groups excluding carboxylic acids is 2. The van der Waals surface area contributed by atoms with Crippen molar-refractivity contribution in [2.24, 2.45) is 0 Å². The Balaban J connectivity index is 2.64. The first kappa shape index (κ1) is 21.0. The van der Waals surface area contributed by atoms with Gasteiger partial charge in [0, 0.05) is 25.5 Å². The summed E-state index contributed by atoms with van der Waals surface area (Å²) in [4.78, 5) is 25.6. The molecule has 0 aliphatic rings. The fourth-order valence-electron chi connectivity index (χ4n) is 2.59. The van der Waals surface area contributed by atoms with Crippen molar-refractivity contribution in [1.82, 2.24) is 4.90 Å². The van der Waals surface area contributed by atoms with E-state index in [0.717, 1.165) is 44.6 Å². The highest BCUT2D eigenvalue weighted by Crippen LogP contribution is 2.25. The highest BCUT2D eigenvalue weighted by molar-refractivity contribution is 5.98. The molecule has 2 amide bonds. The number of hydrogen-bond acceptors (Lipinski definition) is 3. The molecule has 2 N–H and O–H groups in total. The lowest BCUT2D eigenvalue weighted by Gasteiger charge is -2.20. The molecular weight excluding hydrogens is 328 g/mol. The van der Waals surface area contributed by atoms with Gasteiger partial charge in [-0.05, 0) is 38.9 Å². The molecule has 7 heteroatoms. The van der Waals surface area contributed by atoms with Crippen molar-refractivity contribution in [2.75, 3.05) is 30.3 Å². The zero-order valence-electron chi connectivity index (χ0n) is 15.1. The normalized spacial score (nSPS) is 10.8. The Morgan fingerprint density at radius 3 is 1.96 bits per heavy atom. The smallest absolute Gasteiger partial charge is 0.224 e. The number of nitrogens with one attached hydrogen (secondary N) is 2. The third kappa shape index (κ3) is 7.60. The quantitative estimate of drug-likeness (QED) is 0.672. The highest BCUT2D eigenvalue weighted by Gasteiger charge is 2.13. The van der Waals surface area contributed by atoms with Crippen molar-refractivity contribution in [1.29, 1.82) is 0 Å². The standard InChI is InChI=1S/C18H27F2N3O2/c1-4-8-23(9-5-2)10-6-7-18(25)22-17-12-15(20)14(19)11-16(17)21-13(3)24/h11-12H,4-10H2,1-3H3,(H,21,24)(H,22,25). The van der Waals surface area contributed by atoms with Crippen LogP contribution in [-0.4, -0.2) is 36.3 Å². The van der Waals surface area contributed by atoms with Gasteiger partial charge in [-0.3, -0.25) is 9.59 Å². The van der Waals surface area contributed by atoms with Crippen LogP contribution < -0.4 is 10.6 Å². The lowest BCUT2D eigenvalue weighted by atomic mass is 10.2. The van der Waals surface area contributed by atoms with E-state index in [-0.39, 0.29) is 23.7 Å². The molecule has 0 fully saturated rings. The minimum atomic E-state index is -1.09. The van der Waals surface area contributed by atoms with Crippen LogP contribution >= 0.6 is 0 Å². The maximum absolute atomic E-state index is 13.4. The third-order valence-corrected chi connectivity index (χ3v) is 3.60. The average molecular weight is 355 g/mol. The second kappa shape index (κ2) is 10.8. The van der Waals surface area contributed by atoms with Crippen LogP contribution in [0.5, 0.6) is 0 Å². The Kier molecular flexibility index (Phi) is 9.05. The number of carbonyl (C=O) groups is 2. The van der Waals surface area contributed by atoms with Gasteiger partial charge < -0.3 is 15.5 Å². The maximum atomic E-state index is 13.4. The highest BCUT2D eigenvalue weighted by atomic mass is 19.2. The van der Waals surface area contributed by atoms with E-state index in [4.69, 9.17) is 0 Å². The van der Waals surface area contributed by atoms with Crippen LogP contribution in [0.2, 0.25) is 0 Å². The Morgan fingerprint density at radius 2 is 1.48 bits per heavy atom. The molecule has 0 spiro atoms. The van der Waals surface area contributed by atoms with Gasteiger partial charge in [-0.25, -0.2) is 8.78 Å². The summed E-state index contributed by atoms with van der Waals surface area (Å²) in [5.74, 6) is -2.90. The van der Waals surface area contributed by atoms with Crippen molar-refractivity contribution in [3.63, 3.8) is 0 Å². The molecule has 1 rings (SSSR count). The van der Waals surface area contributed by atoms with Gasteiger partial charge in [-0.2, -0.15) is 0 Å². The predicted molar refractivity (Wildman–Crippen MR) is 95.5 cm³/mol. The molecular formula is C18H27F2N3O2. The minimum Gasteiger partial charge on any atom is -0.324 e. The molecule has 0 unspecified atom stereocenters. The summed E-state index contributed by atoms with van der Waals surface area (Å²) in [6.45, 7) is 8.27. The van der Waals surface area contributed by atoms with E-state index in [2.05, 4.69) is 29.4 Å². The van der Waals surface area contributed by atoms with Crippen LogP contribution in [0.1, 0.15) is 46.5 Å². The fourth-order valence-corrected chi connectivity index (χ4v) is 2.59. The van der Waals surface area contributed by atoms with E-state index in [9.17, 15) is 18.4 Å². The van der Waals surface area contributed by atoms with Gasteiger partial charge in [0.05, 0.1) is 11.4 Å². The maximum Gasteiger partial charge on any atom is 0.224 e. The van der Waals surface area contributed by atoms with Gasteiger partial charge in [-0.15, -0.1) is 0 Å². The molecule has 0 heterocycles. The number of amides is 2. The van der Waals surface area contributed by atoms with Crippen molar-refractivity contribution in [2.45, 2.75) is 46.5 Å². The van der Waals surface area contributed by atoms with Crippen LogP contribution in [0, 0.1) is 11.6 Å². The summed E-state index contributed by atoms with van der Waals surface area (Å²) in [5.41, 5.74) is 0.0939. The Morgan fingerprint density at radius 1 is 0.960 bits per heavy atom. The van der Waals surface area contributed by atoms with E-state index in [0.29, 0.717) is 6.42 Å². The number of halogens is 2. The number of hydrogen-bond donors (Lipinski definition) is 2. The number of benzene rings is 1. The van der Waals surface area contributed by atoms with Crippen molar-refractivity contribution >= 4 is 23.2 Å². The lowest BCUT2D eigenvalue weighted by Crippen LogP contribution is -2.27. The van der Waals surface area contributed by atoms with E-state index in [1.54, 1.807) is 0 Å². The Hall–Kier alpha value is -2.02. The first-order chi connectivity index (χ1) is 11.9. The number of nitrogens with zero attached hydrogens (tertiary/aromatic N) is 1. The summed E-state index contributed by atoms with van der Waals surface area (Å²) in [7, 11) is 0. The first-order valence-corrected chi connectivity index (χ1v) is 8.66. The summed E-state index contributed by atoms with van der Waals surface area (Å²) >= 11 is 0. The van der Waals surface area contributed by atoms with Crippen LogP contribution in [0.3, 0.4) is 0 Å². The molecule has 0 bridgehead atoms. The fraction of sp³-hybridized carbons (Fsp3) is 0.556. The molecule has 5 nitrogen and oxygen atoms in total. The topological polar surface area (TPSA) is 61.4 Å². The van der Waals surface area contributed by atoms with Gasteiger partial charge in [0.2, 0.25) is 11.8 Å². The van der Waals surface area contributed by atoms with Crippen molar-refractivity contribution < 1.29 is 18.4 Å². The third-order valence-electron chi connectivity index (χ3n) is 3.60. The van der Waals surface area contributed by atoms with E-state index in [1.165, 1.54) is 6.92 Å². The summed E-state index contributed by atoms with van der Waals surface area (Å²) in [6, 6.07) is 1.73. The molecule has 0 saturated carbocycles. The Bertz CT molecular complexity index is 588. The molecule has 0 aliphatic heterocycles. The van der Waals surface area contributed by atoms with Gasteiger partial charge in [-0.1, -0.05) is 13.8 Å².